The molecule has 0 aliphatic rings. The van der Waals surface area contributed by atoms with E-state index in [4.69, 9.17) is 0 Å². The van der Waals surface area contributed by atoms with Gasteiger partial charge in [0.15, 0.2) is 0 Å². The standard InChI is InChI=1S/C25H18F3N3O3S/c1-16-2-12-21(13-3-16)35-22-14-15-23(32)31(30-22)19-8-4-17(5-9-19)24(33)29-18-6-10-20(11-7-18)34-25(26,27)28/h2-15H,1H3,(H,29,33). The fourth-order valence-electron chi connectivity index (χ4n) is 3.06. The van der Waals surface area contributed by atoms with Gasteiger partial charge in [0, 0.05) is 22.2 Å². The molecule has 10 heteroatoms. The van der Waals surface area contributed by atoms with Gasteiger partial charge in [0.25, 0.3) is 11.5 Å². The first-order valence-corrected chi connectivity index (χ1v) is 11.1. The number of nitrogens with zero attached hydrogens (tertiary/aromatic N) is 2. The summed E-state index contributed by atoms with van der Waals surface area (Å²) in [5.74, 6) is -0.856. The predicted molar refractivity (Wildman–Crippen MR) is 126 cm³/mol. The Kier molecular flexibility index (Phi) is 6.92. The van der Waals surface area contributed by atoms with E-state index in [1.807, 2.05) is 31.2 Å². The molecule has 6 nitrogen and oxygen atoms in total. The van der Waals surface area contributed by atoms with E-state index < -0.39 is 12.3 Å². The first-order valence-electron chi connectivity index (χ1n) is 10.3. The van der Waals surface area contributed by atoms with E-state index in [2.05, 4.69) is 15.2 Å². The fraction of sp³-hybridized carbons (Fsp3) is 0.0800. The van der Waals surface area contributed by atoms with Gasteiger partial charge >= 0.3 is 6.36 Å². The minimum atomic E-state index is -4.79. The first-order chi connectivity index (χ1) is 16.7. The predicted octanol–water partition coefficient (Wildman–Crippen LogP) is 5.84. The van der Waals surface area contributed by atoms with Gasteiger partial charge < -0.3 is 10.1 Å². The highest BCUT2D eigenvalue weighted by Crippen LogP contribution is 2.26. The Balaban J connectivity index is 1.46. The third-order valence-corrected chi connectivity index (χ3v) is 5.67. The number of anilines is 1. The smallest absolute Gasteiger partial charge is 0.406 e. The van der Waals surface area contributed by atoms with Gasteiger partial charge in [-0.05, 0) is 73.7 Å². The Morgan fingerprint density at radius 3 is 2.20 bits per heavy atom. The third kappa shape index (κ3) is 6.51. The zero-order chi connectivity index (χ0) is 25.0. The maximum atomic E-state index is 12.5. The molecule has 0 unspecified atom stereocenters. The molecule has 0 radical (unpaired) electrons. The molecule has 0 spiro atoms. The summed E-state index contributed by atoms with van der Waals surface area (Å²) in [5.41, 5.74) is 1.89. The monoisotopic (exact) mass is 497 g/mol. The largest absolute Gasteiger partial charge is 0.573 e. The van der Waals surface area contributed by atoms with E-state index >= 15 is 0 Å². The van der Waals surface area contributed by atoms with Crippen LogP contribution < -0.4 is 15.6 Å². The number of aromatic nitrogens is 2. The second-order valence-corrected chi connectivity index (χ2v) is 8.50. The molecule has 0 atom stereocenters. The van der Waals surface area contributed by atoms with Crippen LogP contribution in [0.4, 0.5) is 18.9 Å². The summed E-state index contributed by atoms with van der Waals surface area (Å²) in [6.07, 6.45) is -4.79. The molecule has 0 bridgehead atoms. The van der Waals surface area contributed by atoms with Gasteiger partial charge in [0.05, 0.1) is 5.69 Å². The van der Waals surface area contributed by atoms with Gasteiger partial charge in [-0.25, -0.2) is 0 Å². The first kappa shape index (κ1) is 24.1. The van der Waals surface area contributed by atoms with Crippen LogP contribution in [0.1, 0.15) is 15.9 Å². The fourth-order valence-corrected chi connectivity index (χ4v) is 3.83. The van der Waals surface area contributed by atoms with E-state index in [1.54, 1.807) is 18.2 Å². The maximum Gasteiger partial charge on any atom is 0.573 e. The number of rotatable bonds is 6. The zero-order valence-corrected chi connectivity index (χ0v) is 19.1. The van der Waals surface area contributed by atoms with E-state index in [-0.39, 0.29) is 11.3 Å². The van der Waals surface area contributed by atoms with Gasteiger partial charge in [0.1, 0.15) is 10.8 Å². The normalized spacial score (nSPS) is 11.2. The highest BCUT2D eigenvalue weighted by atomic mass is 32.2. The number of carbonyl (C=O) groups is 1. The Morgan fingerprint density at radius 1 is 0.914 bits per heavy atom. The molecule has 178 valence electrons. The quantitative estimate of drug-likeness (QED) is 0.362. The minimum absolute atomic E-state index is 0.294. The second kappa shape index (κ2) is 10.1. The molecule has 0 fully saturated rings. The highest BCUT2D eigenvalue weighted by molar-refractivity contribution is 7.99. The molecule has 35 heavy (non-hydrogen) atoms. The van der Waals surface area contributed by atoms with Crippen LogP contribution in [-0.2, 0) is 0 Å². The Morgan fingerprint density at radius 2 is 1.57 bits per heavy atom. The van der Waals surface area contributed by atoms with Crippen LogP contribution in [0.2, 0.25) is 0 Å². The number of hydrogen-bond donors (Lipinski definition) is 1. The summed E-state index contributed by atoms with van der Waals surface area (Å²) in [4.78, 5) is 25.9. The summed E-state index contributed by atoms with van der Waals surface area (Å²) in [6, 6.07) is 22.0. The Hall–Kier alpha value is -4.05. The lowest BCUT2D eigenvalue weighted by Crippen LogP contribution is -2.20. The van der Waals surface area contributed by atoms with E-state index in [9.17, 15) is 22.8 Å². The number of hydrogen-bond acceptors (Lipinski definition) is 5. The van der Waals surface area contributed by atoms with E-state index in [0.717, 1.165) is 22.6 Å². The van der Waals surface area contributed by atoms with Crippen molar-refractivity contribution >= 4 is 23.4 Å². The number of carbonyl (C=O) groups excluding carboxylic acids is 1. The summed E-state index contributed by atoms with van der Waals surface area (Å²) in [5, 5.41) is 7.64. The lowest BCUT2D eigenvalue weighted by atomic mass is 10.2. The van der Waals surface area contributed by atoms with E-state index in [0.29, 0.717) is 22.0 Å². The summed E-state index contributed by atoms with van der Waals surface area (Å²) in [7, 11) is 0. The van der Waals surface area contributed by atoms with Crippen LogP contribution in [0.25, 0.3) is 5.69 Å². The average molecular weight is 497 g/mol. The Bertz CT molecular complexity index is 1390. The molecule has 0 saturated carbocycles. The molecule has 0 saturated heterocycles. The number of aryl methyl sites for hydroxylation is 1. The number of amides is 1. The van der Waals surface area contributed by atoms with Crippen molar-refractivity contribution in [3.8, 4) is 11.4 Å². The minimum Gasteiger partial charge on any atom is -0.406 e. The van der Waals surface area contributed by atoms with Crippen molar-refractivity contribution in [2.75, 3.05) is 5.32 Å². The van der Waals surface area contributed by atoms with Crippen LogP contribution in [0.3, 0.4) is 0 Å². The van der Waals surface area contributed by atoms with Crippen LogP contribution in [0, 0.1) is 6.92 Å². The lowest BCUT2D eigenvalue weighted by molar-refractivity contribution is -0.274. The molecule has 1 heterocycles. The molecule has 4 aromatic rings. The van der Waals surface area contributed by atoms with E-state index in [1.165, 1.54) is 46.8 Å². The van der Waals surface area contributed by atoms with Gasteiger partial charge in [-0.1, -0.05) is 29.5 Å². The molecule has 1 amide bonds. The van der Waals surface area contributed by atoms with Crippen molar-refractivity contribution in [3.05, 3.63) is 106 Å². The van der Waals surface area contributed by atoms with Crippen LogP contribution >= 0.6 is 11.8 Å². The molecule has 3 aromatic carbocycles. The third-order valence-electron chi connectivity index (χ3n) is 4.74. The number of benzene rings is 3. The molecule has 0 aliphatic heterocycles. The number of ether oxygens (including phenoxy) is 1. The lowest BCUT2D eigenvalue weighted by Gasteiger charge is -2.10. The SMILES string of the molecule is Cc1ccc(Sc2ccc(=O)n(-c3ccc(C(=O)Nc4ccc(OC(F)(F)F)cc4)cc3)n2)cc1. The summed E-state index contributed by atoms with van der Waals surface area (Å²) < 4.78 is 41.9. The molecule has 4 rings (SSSR count). The summed E-state index contributed by atoms with van der Waals surface area (Å²) in [6.45, 7) is 2.00. The van der Waals surface area contributed by atoms with Crippen molar-refractivity contribution in [1.29, 1.82) is 0 Å². The molecule has 1 N–H and O–H groups in total. The molecular formula is C25H18F3N3O3S. The second-order valence-electron chi connectivity index (χ2n) is 7.41. The van der Waals surface area contributed by atoms with Crippen LogP contribution in [0.5, 0.6) is 5.75 Å². The van der Waals surface area contributed by atoms with Gasteiger partial charge in [-0.3, -0.25) is 9.59 Å². The van der Waals surface area contributed by atoms with Crippen LogP contribution in [0.15, 0.2) is 99.6 Å². The van der Waals surface area contributed by atoms with Crippen molar-refractivity contribution in [3.63, 3.8) is 0 Å². The molecule has 1 aromatic heterocycles. The number of alkyl halides is 3. The number of halogens is 3. The highest BCUT2D eigenvalue weighted by Gasteiger charge is 2.31. The van der Waals surface area contributed by atoms with Crippen molar-refractivity contribution in [2.45, 2.75) is 23.2 Å². The summed E-state index contributed by atoms with van der Waals surface area (Å²) >= 11 is 1.42. The zero-order valence-electron chi connectivity index (χ0n) is 18.2. The Labute approximate surface area is 202 Å². The van der Waals surface area contributed by atoms with Gasteiger partial charge in [0.2, 0.25) is 0 Å². The van der Waals surface area contributed by atoms with Crippen molar-refractivity contribution in [1.82, 2.24) is 9.78 Å². The van der Waals surface area contributed by atoms with Gasteiger partial charge in [-0.15, -0.1) is 13.2 Å². The molecular weight excluding hydrogens is 479 g/mol. The average Bonchev–Trinajstić information content (AvgIpc) is 2.82. The van der Waals surface area contributed by atoms with Crippen LogP contribution in [-0.4, -0.2) is 22.1 Å². The van der Waals surface area contributed by atoms with Crippen molar-refractivity contribution < 1.29 is 22.7 Å². The maximum absolute atomic E-state index is 12.5. The van der Waals surface area contributed by atoms with Gasteiger partial charge in [-0.2, -0.15) is 9.78 Å². The van der Waals surface area contributed by atoms with Crippen molar-refractivity contribution in [2.24, 2.45) is 0 Å². The number of nitrogens with one attached hydrogen (secondary N) is 1. The molecule has 0 aliphatic carbocycles. The topological polar surface area (TPSA) is 73.2 Å².